The summed E-state index contributed by atoms with van der Waals surface area (Å²) in [5, 5.41) is 19.9. The Hall–Kier alpha value is -2.80. The zero-order valence-electron chi connectivity index (χ0n) is 13.0. The van der Waals surface area contributed by atoms with E-state index < -0.39 is 34.5 Å². The molecule has 3 rings (SSSR count). The number of carboxylic acid groups (broad SMARTS) is 1. The van der Waals surface area contributed by atoms with Crippen LogP contribution < -0.4 is 0 Å². The van der Waals surface area contributed by atoms with Crippen molar-refractivity contribution in [3.63, 3.8) is 0 Å². The Balaban J connectivity index is 2.27. The minimum Gasteiger partial charge on any atom is -0.505 e. The van der Waals surface area contributed by atoms with E-state index in [4.69, 9.17) is 11.6 Å². The third-order valence-electron chi connectivity index (χ3n) is 3.87. The smallest absolute Gasteiger partial charge is 0.418 e. The fourth-order valence-electron chi connectivity index (χ4n) is 2.69. The van der Waals surface area contributed by atoms with Crippen LogP contribution in [0, 0.1) is 0 Å². The number of benzene rings is 2. The number of alkyl halides is 3. The molecule has 134 valence electrons. The van der Waals surface area contributed by atoms with Gasteiger partial charge in [-0.05, 0) is 23.8 Å². The molecule has 2 aromatic carbocycles. The third kappa shape index (κ3) is 3.30. The Morgan fingerprint density at radius 3 is 2.35 bits per heavy atom. The Bertz CT molecular complexity index is 1000. The summed E-state index contributed by atoms with van der Waals surface area (Å²) >= 11 is 5.79. The molecule has 1 heterocycles. The molecule has 8 heteroatoms. The molecule has 0 amide bonds. The largest absolute Gasteiger partial charge is 0.505 e. The monoisotopic (exact) mass is 381 g/mol. The zero-order valence-corrected chi connectivity index (χ0v) is 13.8. The molecule has 0 saturated heterocycles. The van der Waals surface area contributed by atoms with E-state index in [0.717, 1.165) is 12.1 Å². The van der Waals surface area contributed by atoms with Crippen molar-refractivity contribution < 1.29 is 28.2 Å². The lowest BCUT2D eigenvalue weighted by molar-refractivity contribution is -0.136. The first kappa shape index (κ1) is 18.0. The van der Waals surface area contributed by atoms with Gasteiger partial charge in [-0.15, -0.1) is 0 Å². The topological polar surface area (TPSA) is 70.4 Å². The van der Waals surface area contributed by atoms with Crippen molar-refractivity contribution in [3.8, 4) is 5.75 Å². The number of fused-ring (bicyclic) bond motifs is 1. The standard InChI is InChI=1S/C18H11ClF3NO3/c19-10-6-4-9(5-7-10)8-13-16(24)14(17(25)26)11-2-1-3-12(15(11)23-13)18(20,21)22/h1-7,24H,8H2,(H,25,26). The van der Waals surface area contributed by atoms with Crippen molar-refractivity contribution >= 4 is 28.5 Å². The van der Waals surface area contributed by atoms with Gasteiger partial charge in [-0.25, -0.2) is 9.78 Å². The first-order valence-electron chi connectivity index (χ1n) is 7.38. The molecular formula is C18H11ClF3NO3. The van der Waals surface area contributed by atoms with Gasteiger partial charge < -0.3 is 10.2 Å². The molecule has 3 aromatic rings. The number of pyridine rings is 1. The maximum atomic E-state index is 13.3. The Labute approximate surface area is 150 Å². The molecular weight excluding hydrogens is 371 g/mol. The van der Waals surface area contributed by atoms with Crippen molar-refractivity contribution in [1.29, 1.82) is 0 Å². The fraction of sp³-hybridized carbons (Fsp3) is 0.111. The number of carbonyl (C=O) groups is 1. The predicted octanol–water partition coefficient (Wildman–Crippen LogP) is 4.90. The maximum Gasteiger partial charge on any atom is 0.418 e. The Kier molecular flexibility index (Phi) is 4.50. The van der Waals surface area contributed by atoms with Crippen molar-refractivity contribution in [2.24, 2.45) is 0 Å². The van der Waals surface area contributed by atoms with E-state index in [1.807, 2.05) is 0 Å². The van der Waals surface area contributed by atoms with Crippen LogP contribution in [0.5, 0.6) is 5.75 Å². The number of carboxylic acids is 1. The summed E-state index contributed by atoms with van der Waals surface area (Å²) < 4.78 is 39.9. The summed E-state index contributed by atoms with van der Waals surface area (Å²) in [6.07, 6.45) is -4.76. The van der Waals surface area contributed by atoms with Crippen LogP contribution in [0.2, 0.25) is 5.02 Å². The van der Waals surface area contributed by atoms with Crippen LogP contribution in [0.3, 0.4) is 0 Å². The van der Waals surface area contributed by atoms with Gasteiger partial charge in [0.15, 0.2) is 5.75 Å². The second-order valence-corrected chi connectivity index (χ2v) is 6.03. The average molecular weight is 382 g/mol. The molecule has 0 atom stereocenters. The summed E-state index contributed by atoms with van der Waals surface area (Å²) in [5.74, 6) is -2.19. The number of rotatable bonds is 3. The molecule has 0 aliphatic carbocycles. The molecule has 0 radical (unpaired) electrons. The second-order valence-electron chi connectivity index (χ2n) is 5.59. The summed E-state index contributed by atoms with van der Waals surface area (Å²) in [4.78, 5) is 15.5. The first-order valence-corrected chi connectivity index (χ1v) is 7.75. The van der Waals surface area contributed by atoms with Crippen LogP contribution in [-0.4, -0.2) is 21.2 Å². The number of hydrogen-bond donors (Lipinski definition) is 2. The SMILES string of the molecule is O=C(O)c1c(O)c(Cc2ccc(Cl)cc2)nc2c(C(F)(F)F)cccc12. The summed E-state index contributed by atoms with van der Waals surface area (Å²) in [7, 11) is 0. The minimum atomic E-state index is -4.71. The third-order valence-corrected chi connectivity index (χ3v) is 4.12. The fourth-order valence-corrected chi connectivity index (χ4v) is 2.82. The summed E-state index contributed by atoms with van der Waals surface area (Å²) in [5.41, 5.74) is -1.73. The molecule has 0 unspecified atom stereocenters. The quantitative estimate of drug-likeness (QED) is 0.677. The molecule has 0 saturated carbocycles. The van der Waals surface area contributed by atoms with Crippen molar-refractivity contribution in [2.75, 3.05) is 0 Å². The van der Waals surface area contributed by atoms with Gasteiger partial charge in [-0.2, -0.15) is 13.2 Å². The molecule has 1 aromatic heterocycles. The van der Waals surface area contributed by atoms with Crippen molar-refractivity contribution in [1.82, 2.24) is 4.98 Å². The molecule has 2 N–H and O–H groups in total. The Morgan fingerprint density at radius 1 is 1.12 bits per heavy atom. The van der Waals surface area contributed by atoms with Crippen LogP contribution in [0.4, 0.5) is 13.2 Å². The van der Waals surface area contributed by atoms with Gasteiger partial charge in [0.25, 0.3) is 0 Å². The van der Waals surface area contributed by atoms with Crippen LogP contribution in [0.1, 0.15) is 27.2 Å². The zero-order chi connectivity index (χ0) is 19.1. The molecule has 0 aliphatic rings. The molecule has 4 nitrogen and oxygen atoms in total. The average Bonchev–Trinajstić information content (AvgIpc) is 2.55. The van der Waals surface area contributed by atoms with Crippen LogP contribution in [0.25, 0.3) is 10.9 Å². The normalized spacial score (nSPS) is 11.7. The van der Waals surface area contributed by atoms with E-state index in [-0.39, 0.29) is 17.5 Å². The van der Waals surface area contributed by atoms with Gasteiger partial charge in [0, 0.05) is 16.8 Å². The number of para-hydroxylation sites is 1. The van der Waals surface area contributed by atoms with Crippen LogP contribution >= 0.6 is 11.6 Å². The lowest BCUT2D eigenvalue weighted by Crippen LogP contribution is -2.10. The number of aromatic carboxylic acids is 1. The van der Waals surface area contributed by atoms with E-state index in [2.05, 4.69) is 4.98 Å². The van der Waals surface area contributed by atoms with E-state index in [0.29, 0.717) is 10.6 Å². The van der Waals surface area contributed by atoms with Gasteiger partial charge in [0.2, 0.25) is 0 Å². The van der Waals surface area contributed by atoms with Gasteiger partial charge >= 0.3 is 12.1 Å². The number of halogens is 4. The maximum absolute atomic E-state index is 13.3. The lowest BCUT2D eigenvalue weighted by atomic mass is 10.00. The van der Waals surface area contributed by atoms with E-state index >= 15 is 0 Å². The van der Waals surface area contributed by atoms with E-state index in [1.54, 1.807) is 24.3 Å². The number of aromatic nitrogens is 1. The van der Waals surface area contributed by atoms with Crippen LogP contribution in [0.15, 0.2) is 42.5 Å². The highest BCUT2D eigenvalue weighted by Crippen LogP contribution is 2.38. The van der Waals surface area contributed by atoms with Gasteiger partial charge in [-0.1, -0.05) is 35.9 Å². The summed E-state index contributed by atoms with van der Waals surface area (Å²) in [6.45, 7) is 0. The van der Waals surface area contributed by atoms with Crippen LogP contribution in [-0.2, 0) is 12.6 Å². The van der Waals surface area contributed by atoms with Gasteiger partial charge in [-0.3, -0.25) is 0 Å². The molecule has 26 heavy (non-hydrogen) atoms. The van der Waals surface area contributed by atoms with Crippen molar-refractivity contribution in [2.45, 2.75) is 12.6 Å². The highest BCUT2D eigenvalue weighted by atomic mass is 35.5. The van der Waals surface area contributed by atoms with Gasteiger partial charge in [0.1, 0.15) is 5.56 Å². The highest BCUT2D eigenvalue weighted by Gasteiger charge is 2.34. The molecule has 0 spiro atoms. The molecule has 0 fully saturated rings. The second kappa shape index (κ2) is 6.49. The van der Waals surface area contributed by atoms with Gasteiger partial charge in [0.05, 0.1) is 16.8 Å². The molecule has 0 aliphatic heterocycles. The number of aromatic hydroxyl groups is 1. The molecule has 0 bridgehead atoms. The Morgan fingerprint density at radius 2 is 1.77 bits per heavy atom. The summed E-state index contributed by atoms with van der Waals surface area (Å²) in [6, 6.07) is 9.48. The van der Waals surface area contributed by atoms with E-state index in [1.165, 1.54) is 6.07 Å². The number of nitrogens with zero attached hydrogens (tertiary/aromatic N) is 1. The lowest BCUT2D eigenvalue weighted by Gasteiger charge is -2.14. The van der Waals surface area contributed by atoms with E-state index in [9.17, 15) is 28.2 Å². The first-order chi connectivity index (χ1) is 12.2. The highest BCUT2D eigenvalue weighted by molar-refractivity contribution is 6.30. The minimum absolute atomic E-state index is 0.0502. The van der Waals surface area contributed by atoms with Crippen molar-refractivity contribution in [3.05, 3.63) is 69.9 Å². The predicted molar refractivity (Wildman–Crippen MR) is 89.6 cm³/mol. The number of hydrogen-bond acceptors (Lipinski definition) is 3.